The number of rotatable bonds is 4. The Balaban J connectivity index is 1.57. The molecule has 4 rings (SSSR count). The molecule has 0 aliphatic carbocycles. The summed E-state index contributed by atoms with van der Waals surface area (Å²) in [6.45, 7) is 2.20. The summed E-state index contributed by atoms with van der Waals surface area (Å²) in [6, 6.07) is 12.0. The number of carbonyl (C=O) groups is 1. The summed E-state index contributed by atoms with van der Waals surface area (Å²) in [5.74, 6) is 0.403. The van der Waals surface area contributed by atoms with Crippen LogP contribution in [0.3, 0.4) is 0 Å². The Morgan fingerprint density at radius 1 is 1.24 bits per heavy atom. The highest BCUT2D eigenvalue weighted by atomic mass is 35.5. The number of H-pyrrole nitrogens is 1. The maximum absolute atomic E-state index is 12.8. The van der Waals surface area contributed by atoms with E-state index in [4.69, 9.17) is 11.6 Å². The molecule has 1 aromatic heterocycles. The van der Waals surface area contributed by atoms with Gasteiger partial charge < -0.3 is 10.3 Å². The van der Waals surface area contributed by atoms with Gasteiger partial charge in [-0.2, -0.15) is 0 Å². The van der Waals surface area contributed by atoms with Crippen LogP contribution in [0.25, 0.3) is 11.0 Å². The maximum atomic E-state index is 12.8. The molecular weight excluding hydrogens is 412 g/mol. The summed E-state index contributed by atoms with van der Waals surface area (Å²) in [5.41, 5.74) is 2.41. The van der Waals surface area contributed by atoms with Gasteiger partial charge in [0.15, 0.2) is 0 Å². The van der Waals surface area contributed by atoms with E-state index in [0.717, 1.165) is 17.5 Å². The van der Waals surface area contributed by atoms with E-state index in [0.29, 0.717) is 35.1 Å². The Bertz CT molecular complexity index is 1140. The molecule has 2 N–H and O–H groups in total. The Kier molecular flexibility index (Phi) is 5.23. The molecule has 0 saturated carbocycles. The van der Waals surface area contributed by atoms with E-state index in [1.165, 1.54) is 10.4 Å². The summed E-state index contributed by atoms with van der Waals surface area (Å²) in [6.07, 6.45) is 1.39. The Hall–Kier alpha value is -2.58. The van der Waals surface area contributed by atoms with Crippen molar-refractivity contribution >= 4 is 44.3 Å². The van der Waals surface area contributed by atoms with E-state index in [-0.39, 0.29) is 17.7 Å². The highest BCUT2D eigenvalue weighted by Crippen LogP contribution is 2.31. The van der Waals surface area contributed by atoms with E-state index in [2.05, 4.69) is 15.3 Å². The molecule has 3 aromatic rings. The summed E-state index contributed by atoms with van der Waals surface area (Å²) in [5, 5.41) is 3.20. The van der Waals surface area contributed by atoms with Crippen LogP contribution in [0.15, 0.2) is 42.5 Å². The van der Waals surface area contributed by atoms with Crippen molar-refractivity contribution in [2.45, 2.75) is 25.8 Å². The number of aromatic amines is 1. The number of hydrogen-bond acceptors (Lipinski definition) is 4. The van der Waals surface area contributed by atoms with Gasteiger partial charge in [0.2, 0.25) is 10.0 Å². The number of imidazole rings is 1. The lowest BCUT2D eigenvalue weighted by atomic mass is 10.1. The van der Waals surface area contributed by atoms with Crippen molar-refractivity contribution in [2.75, 3.05) is 16.6 Å². The largest absolute Gasteiger partial charge is 0.342 e. The van der Waals surface area contributed by atoms with Gasteiger partial charge in [0.05, 0.1) is 33.5 Å². The molecule has 29 heavy (non-hydrogen) atoms. The molecule has 0 bridgehead atoms. The molecule has 1 atom stereocenters. The van der Waals surface area contributed by atoms with Gasteiger partial charge in [-0.1, -0.05) is 23.7 Å². The Labute approximate surface area is 174 Å². The summed E-state index contributed by atoms with van der Waals surface area (Å²) >= 11 is 6.26. The van der Waals surface area contributed by atoms with Crippen molar-refractivity contribution in [1.82, 2.24) is 15.3 Å². The standard InChI is InChI=1S/C20H21ClN4O3S/c1-13(19-23-16-6-2-3-7-17(16)24-19)22-20(26)14-8-9-15(21)18(12-14)25-10-4-5-11-29(25,27)28/h2-3,6-9,12-13H,4-5,10-11H2,1H3,(H,22,26)(H,23,24)/t13-/m0/s1. The number of carbonyl (C=O) groups excluding carboxylic acids is 1. The second kappa shape index (κ2) is 7.68. The van der Waals surface area contributed by atoms with Gasteiger partial charge in [-0.15, -0.1) is 0 Å². The minimum absolute atomic E-state index is 0.0862. The predicted octanol–water partition coefficient (Wildman–Crippen LogP) is 3.64. The fourth-order valence-corrected chi connectivity index (χ4v) is 5.35. The number of aromatic nitrogens is 2. The SMILES string of the molecule is C[C@H](NC(=O)c1ccc(Cl)c(N2CCCCS2(=O)=O)c1)c1nc2ccccc2[nH]1. The van der Waals surface area contributed by atoms with Crippen LogP contribution < -0.4 is 9.62 Å². The molecule has 0 spiro atoms. The van der Waals surface area contributed by atoms with Gasteiger partial charge in [-0.3, -0.25) is 9.10 Å². The molecular formula is C20H21ClN4O3S. The van der Waals surface area contributed by atoms with Crippen molar-refractivity contribution in [2.24, 2.45) is 0 Å². The number of nitrogens with one attached hydrogen (secondary N) is 2. The molecule has 0 unspecified atom stereocenters. The van der Waals surface area contributed by atoms with E-state index < -0.39 is 10.0 Å². The molecule has 1 saturated heterocycles. The zero-order chi connectivity index (χ0) is 20.6. The maximum Gasteiger partial charge on any atom is 0.251 e. The van der Waals surface area contributed by atoms with Gasteiger partial charge in [0.25, 0.3) is 5.91 Å². The lowest BCUT2D eigenvalue weighted by Gasteiger charge is -2.29. The quantitative estimate of drug-likeness (QED) is 0.658. The average Bonchev–Trinajstić information content (AvgIpc) is 3.13. The van der Waals surface area contributed by atoms with Gasteiger partial charge in [0, 0.05) is 12.1 Å². The Morgan fingerprint density at radius 2 is 2.03 bits per heavy atom. The van der Waals surface area contributed by atoms with E-state index in [9.17, 15) is 13.2 Å². The number of anilines is 1. The monoisotopic (exact) mass is 432 g/mol. The van der Waals surface area contributed by atoms with Crippen molar-refractivity contribution < 1.29 is 13.2 Å². The van der Waals surface area contributed by atoms with Crippen molar-refractivity contribution in [1.29, 1.82) is 0 Å². The van der Waals surface area contributed by atoms with Crippen LogP contribution in [0, 0.1) is 0 Å². The smallest absolute Gasteiger partial charge is 0.251 e. The first kappa shape index (κ1) is 19.7. The molecule has 9 heteroatoms. The number of fused-ring (bicyclic) bond motifs is 1. The van der Waals surface area contributed by atoms with Gasteiger partial charge in [-0.05, 0) is 50.1 Å². The number of para-hydroxylation sites is 2. The first-order chi connectivity index (χ1) is 13.8. The normalized spacial score (nSPS) is 17.2. The molecule has 1 aliphatic rings. The predicted molar refractivity (Wildman–Crippen MR) is 114 cm³/mol. The zero-order valence-corrected chi connectivity index (χ0v) is 17.4. The topological polar surface area (TPSA) is 95.2 Å². The number of benzene rings is 2. The van der Waals surface area contributed by atoms with Crippen LogP contribution in [0.1, 0.15) is 42.0 Å². The summed E-state index contributed by atoms with van der Waals surface area (Å²) in [7, 11) is -3.42. The molecule has 152 valence electrons. The van der Waals surface area contributed by atoms with Crippen molar-refractivity contribution in [3.8, 4) is 0 Å². The van der Waals surface area contributed by atoms with E-state index in [1.807, 2.05) is 31.2 Å². The molecule has 1 aliphatic heterocycles. The highest BCUT2D eigenvalue weighted by molar-refractivity contribution is 7.92. The number of hydrogen-bond donors (Lipinski definition) is 2. The van der Waals surface area contributed by atoms with Crippen LogP contribution in [-0.2, 0) is 10.0 Å². The number of halogens is 1. The molecule has 0 radical (unpaired) electrons. The first-order valence-corrected chi connectivity index (χ1v) is 11.4. The first-order valence-electron chi connectivity index (χ1n) is 9.40. The summed E-state index contributed by atoms with van der Waals surface area (Å²) in [4.78, 5) is 20.5. The molecule has 7 nitrogen and oxygen atoms in total. The third-order valence-electron chi connectivity index (χ3n) is 4.99. The van der Waals surface area contributed by atoms with Gasteiger partial charge in [0.1, 0.15) is 5.82 Å². The lowest BCUT2D eigenvalue weighted by Crippen LogP contribution is -2.38. The van der Waals surface area contributed by atoms with E-state index in [1.54, 1.807) is 12.1 Å². The number of nitrogens with zero attached hydrogens (tertiary/aromatic N) is 2. The average molecular weight is 433 g/mol. The van der Waals surface area contributed by atoms with Crippen LogP contribution in [0.4, 0.5) is 5.69 Å². The molecule has 1 amide bonds. The fourth-order valence-electron chi connectivity index (χ4n) is 3.43. The molecule has 2 aromatic carbocycles. The van der Waals surface area contributed by atoms with E-state index >= 15 is 0 Å². The molecule has 1 fully saturated rings. The molecule has 2 heterocycles. The summed E-state index contributed by atoms with van der Waals surface area (Å²) < 4.78 is 26.1. The second-order valence-corrected chi connectivity index (χ2v) is 9.52. The van der Waals surface area contributed by atoms with Gasteiger partial charge >= 0.3 is 0 Å². The van der Waals surface area contributed by atoms with Crippen LogP contribution in [-0.4, -0.2) is 36.6 Å². The minimum atomic E-state index is -3.42. The third kappa shape index (κ3) is 3.95. The zero-order valence-electron chi connectivity index (χ0n) is 15.9. The fraction of sp³-hybridized carbons (Fsp3) is 0.300. The van der Waals surface area contributed by atoms with Crippen molar-refractivity contribution in [3.05, 3.63) is 58.9 Å². The van der Waals surface area contributed by atoms with Crippen LogP contribution >= 0.6 is 11.6 Å². The number of sulfonamides is 1. The second-order valence-electron chi connectivity index (χ2n) is 7.10. The minimum Gasteiger partial charge on any atom is -0.342 e. The van der Waals surface area contributed by atoms with Crippen LogP contribution in [0.5, 0.6) is 0 Å². The third-order valence-corrected chi connectivity index (χ3v) is 7.17. The number of amides is 1. The van der Waals surface area contributed by atoms with Crippen LogP contribution in [0.2, 0.25) is 5.02 Å². The van der Waals surface area contributed by atoms with Crippen molar-refractivity contribution in [3.63, 3.8) is 0 Å². The Morgan fingerprint density at radius 3 is 2.79 bits per heavy atom. The lowest BCUT2D eigenvalue weighted by molar-refractivity contribution is 0.0938. The van der Waals surface area contributed by atoms with Gasteiger partial charge in [-0.25, -0.2) is 13.4 Å². The highest BCUT2D eigenvalue weighted by Gasteiger charge is 2.28.